The Balaban J connectivity index is 1.24. The van der Waals surface area contributed by atoms with E-state index < -0.39 is 11.4 Å². The summed E-state index contributed by atoms with van der Waals surface area (Å²) in [6, 6.07) is 10.4. The van der Waals surface area contributed by atoms with Crippen LogP contribution in [0.1, 0.15) is 65.3 Å². The number of carbonyl (C=O) groups excluding carboxylic acids is 1. The van der Waals surface area contributed by atoms with Gasteiger partial charge in [0.25, 0.3) is 11.5 Å². The third-order valence-corrected chi connectivity index (χ3v) is 9.88. The molecule has 1 aliphatic carbocycles. The van der Waals surface area contributed by atoms with E-state index in [4.69, 9.17) is 0 Å². The molecule has 1 N–H and O–H groups in total. The second-order valence-electron chi connectivity index (χ2n) is 10.5. The molecule has 4 aromatic rings. The van der Waals surface area contributed by atoms with Crippen molar-refractivity contribution >= 4 is 40.0 Å². The van der Waals surface area contributed by atoms with E-state index in [0.717, 1.165) is 41.1 Å². The first-order valence-electron chi connectivity index (χ1n) is 13.6. The maximum Gasteiger partial charge on any atom is 0.333 e. The zero-order valence-corrected chi connectivity index (χ0v) is 23.8. The summed E-state index contributed by atoms with van der Waals surface area (Å²) in [5.74, 6) is 1.10. The van der Waals surface area contributed by atoms with Crippen molar-refractivity contribution in [1.29, 1.82) is 0 Å². The number of nitrogens with zero attached hydrogens (tertiary/aromatic N) is 4. The van der Waals surface area contributed by atoms with Crippen molar-refractivity contribution in [3.8, 4) is 11.3 Å². The number of pyridine rings is 1. The summed E-state index contributed by atoms with van der Waals surface area (Å²) in [5, 5.41) is 4.12. The SMILES string of the molecule is Cc1nc(-c2ccccc2)c(C(=O)NC2CCC(n3c(=O)c4cc(F)cnc4n(C4CCSCC4)c3=O)CC2)s1. The molecule has 1 saturated carbocycles. The van der Waals surface area contributed by atoms with E-state index in [1.54, 1.807) is 4.57 Å². The minimum atomic E-state index is -0.597. The molecule has 1 amide bonds. The highest BCUT2D eigenvalue weighted by atomic mass is 32.2. The van der Waals surface area contributed by atoms with E-state index in [1.807, 2.05) is 49.0 Å². The van der Waals surface area contributed by atoms with E-state index in [9.17, 15) is 18.8 Å². The molecule has 2 aliphatic rings. The molecule has 11 heteroatoms. The van der Waals surface area contributed by atoms with Crippen molar-refractivity contribution in [2.75, 3.05) is 11.5 Å². The number of aromatic nitrogens is 4. The van der Waals surface area contributed by atoms with E-state index >= 15 is 0 Å². The van der Waals surface area contributed by atoms with E-state index in [1.165, 1.54) is 22.0 Å². The van der Waals surface area contributed by atoms with Gasteiger partial charge >= 0.3 is 5.69 Å². The van der Waals surface area contributed by atoms with Crippen LogP contribution in [0.25, 0.3) is 22.3 Å². The van der Waals surface area contributed by atoms with Crippen LogP contribution in [0.15, 0.2) is 52.2 Å². The number of halogens is 1. The lowest BCUT2D eigenvalue weighted by Gasteiger charge is -2.31. The van der Waals surface area contributed by atoms with Crippen molar-refractivity contribution in [1.82, 2.24) is 24.4 Å². The van der Waals surface area contributed by atoms with Crippen LogP contribution < -0.4 is 16.6 Å². The lowest BCUT2D eigenvalue weighted by molar-refractivity contribution is 0.0926. The van der Waals surface area contributed by atoms with Crippen LogP contribution >= 0.6 is 23.1 Å². The average Bonchev–Trinajstić information content (AvgIpc) is 3.37. The van der Waals surface area contributed by atoms with Crippen LogP contribution in [0.2, 0.25) is 0 Å². The fourth-order valence-electron chi connectivity index (χ4n) is 5.90. The summed E-state index contributed by atoms with van der Waals surface area (Å²) in [6.45, 7) is 1.89. The molecule has 1 saturated heterocycles. The molecule has 4 heterocycles. The molecule has 40 heavy (non-hydrogen) atoms. The van der Waals surface area contributed by atoms with Crippen molar-refractivity contribution in [2.45, 2.75) is 63.6 Å². The lowest BCUT2D eigenvalue weighted by atomic mass is 9.90. The summed E-state index contributed by atoms with van der Waals surface area (Å²) < 4.78 is 17.1. The Hall–Kier alpha value is -3.31. The van der Waals surface area contributed by atoms with Crippen LogP contribution in [0.3, 0.4) is 0 Å². The molecule has 0 bridgehead atoms. The predicted molar refractivity (Wildman–Crippen MR) is 157 cm³/mol. The fraction of sp³-hybridized carbons (Fsp3) is 0.414. The van der Waals surface area contributed by atoms with Gasteiger partial charge < -0.3 is 5.32 Å². The second-order valence-corrected chi connectivity index (χ2v) is 12.9. The van der Waals surface area contributed by atoms with Gasteiger partial charge in [-0.05, 0) is 63.0 Å². The maximum atomic E-state index is 14.2. The number of carbonyl (C=O) groups is 1. The Kier molecular flexibility index (Phi) is 7.59. The number of fused-ring (bicyclic) bond motifs is 1. The molecular formula is C29H30FN5O3S2. The van der Waals surface area contributed by atoms with Crippen molar-refractivity contribution in [3.63, 3.8) is 0 Å². The van der Waals surface area contributed by atoms with Gasteiger partial charge in [-0.2, -0.15) is 11.8 Å². The number of thiazole rings is 1. The summed E-state index contributed by atoms with van der Waals surface area (Å²) >= 11 is 3.22. The monoisotopic (exact) mass is 579 g/mol. The van der Waals surface area contributed by atoms with Gasteiger partial charge in [-0.1, -0.05) is 30.3 Å². The molecule has 1 aliphatic heterocycles. The van der Waals surface area contributed by atoms with Gasteiger partial charge in [-0.3, -0.25) is 18.7 Å². The van der Waals surface area contributed by atoms with Crippen LogP contribution in [-0.4, -0.2) is 42.6 Å². The molecule has 2 fully saturated rings. The largest absolute Gasteiger partial charge is 0.349 e. The fourth-order valence-corrected chi connectivity index (χ4v) is 7.83. The molecule has 3 aromatic heterocycles. The van der Waals surface area contributed by atoms with Gasteiger partial charge in [0, 0.05) is 23.7 Å². The van der Waals surface area contributed by atoms with E-state index in [-0.39, 0.29) is 40.8 Å². The van der Waals surface area contributed by atoms with Gasteiger partial charge in [0.05, 0.1) is 22.3 Å². The van der Waals surface area contributed by atoms with Crippen LogP contribution in [0.4, 0.5) is 4.39 Å². The number of nitrogens with one attached hydrogen (secondary N) is 1. The number of thioether (sulfide) groups is 1. The zero-order valence-electron chi connectivity index (χ0n) is 22.1. The predicted octanol–water partition coefficient (Wildman–Crippen LogP) is 5.11. The van der Waals surface area contributed by atoms with Gasteiger partial charge in [-0.25, -0.2) is 19.2 Å². The van der Waals surface area contributed by atoms with Crippen LogP contribution in [0, 0.1) is 12.7 Å². The van der Waals surface area contributed by atoms with Crippen molar-refractivity contribution in [2.24, 2.45) is 0 Å². The molecular weight excluding hydrogens is 549 g/mol. The summed E-state index contributed by atoms with van der Waals surface area (Å²) in [4.78, 5) is 50.0. The van der Waals surface area contributed by atoms with Gasteiger partial charge in [0.1, 0.15) is 16.3 Å². The topological polar surface area (TPSA) is 98.9 Å². The first-order chi connectivity index (χ1) is 19.4. The first kappa shape index (κ1) is 26.9. The van der Waals surface area contributed by atoms with Crippen molar-refractivity contribution < 1.29 is 9.18 Å². The Labute approximate surface area is 238 Å². The summed E-state index contributed by atoms with van der Waals surface area (Å²) in [6.07, 6.45) is 5.04. The number of amides is 1. The molecule has 8 nitrogen and oxygen atoms in total. The summed E-state index contributed by atoms with van der Waals surface area (Å²) in [7, 11) is 0. The number of benzene rings is 1. The highest BCUT2D eigenvalue weighted by Crippen LogP contribution is 2.32. The Morgan fingerprint density at radius 3 is 2.42 bits per heavy atom. The molecule has 0 atom stereocenters. The Morgan fingerprint density at radius 1 is 1.00 bits per heavy atom. The number of rotatable bonds is 5. The normalized spacial score (nSPS) is 20.1. The second kappa shape index (κ2) is 11.3. The quantitative estimate of drug-likeness (QED) is 0.353. The van der Waals surface area contributed by atoms with Gasteiger partial charge in [0.15, 0.2) is 0 Å². The van der Waals surface area contributed by atoms with E-state index in [2.05, 4.69) is 15.3 Å². The first-order valence-corrected chi connectivity index (χ1v) is 15.6. The standard InChI is InChI=1S/C29H30FN5O3S2/c1-17-32-24(18-5-3-2-4-6-18)25(40-17)27(36)33-20-7-9-21(10-8-20)35-28(37)23-15-19(30)16-31-26(23)34(29(35)38)22-11-13-39-14-12-22/h2-6,15-16,20-22H,7-14H2,1H3,(H,33,36). The molecule has 0 radical (unpaired) electrons. The molecule has 6 rings (SSSR count). The van der Waals surface area contributed by atoms with Crippen LogP contribution in [-0.2, 0) is 0 Å². The van der Waals surface area contributed by atoms with Gasteiger partial charge in [0.2, 0.25) is 0 Å². The third-order valence-electron chi connectivity index (χ3n) is 7.86. The minimum absolute atomic E-state index is 0.0710. The molecule has 1 aromatic carbocycles. The maximum absolute atomic E-state index is 14.2. The Bertz CT molecular complexity index is 1670. The highest BCUT2D eigenvalue weighted by molar-refractivity contribution is 7.99. The van der Waals surface area contributed by atoms with Crippen LogP contribution in [0.5, 0.6) is 0 Å². The summed E-state index contributed by atoms with van der Waals surface area (Å²) in [5.41, 5.74) is 0.983. The molecule has 0 unspecified atom stereocenters. The molecule has 0 spiro atoms. The number of hydrogen-bond acceptors (Lipinski definition) is 7. The molecule has 208 valence electrons. The minimum Gasteiger partial charge on any atom is -0.349 e. The smallest absolute Gasteiger partial charge is 0.333 e. The third kappa shape index (κ3) is 5.12. The highest BCUT2D eigenvalue weighted by Gasteiger charge is 2.30. The lowest BCUT2D eigenvalue weighted by Crippen LogP contribution is -2.46. The zero-order chi connectivity index (χ0) is 27.8. The number of aryl methyl sites for hydroxylation is 1. The van der Waals surface area contributed by atoms with Crippen molar-refractivity contribution in [3.05, 3.63) is 79.1 Å². The average molecular weight is 580 g/mol. The van der Waals surface area contributed by atoms with E-state index in [0.29, 0.717) is 36.3 Å². The van der Waals surface area contributed by atoms with Gasteiger partial charge in [-0.15, -0.1) is 11.3 Å². The number of hydrogen-bond donors (Lipinski definition) is 1. The Morgan fingerprint density at radius 2 is 1.70 bits per heavy atom.